The van der Waals surface area contributed by atoms with Crippen LogP contribution in [0.3, 0.4) is 0 Å². The zero-order valence-corrected chi connectivity index (χ0v) is 13.5. The van der Waals surface area contributed by atoms with Gasteiger partial charge < -0.3 is 5.32 Å². The minimum Gasteiger partial charge on any atom is -0.314 e. The van der Waals surface area contributed by atoms with Gasteiger partial charge in [-0.2, -0.15) is 0 Å². The van der Waals surface area contributed by atoms with Crippen molar-refractivity contribution >= 4 is 0 Å². The van der Waals surface area contributed by atoms with Gasteiger partial charge in [-0.25, -0.2) is 0 Å². The van der Waals surface area contributed by atoms with Gasteiger partial charge in [-0.3, -0.25) is 0 Å². The molecule has 1 saturated carbocycles. The van der Waals surface area contributed by atoms with Gasteiger partial charge in [0.2, 0.25) is 0 Å². The van der Waals surface area contributed by atoms with E-state index in [0.717, 1.165) is 11.8 Å². The van der Waals surface area contributed by atoms with E-state index in [4.69, 9.17) is 0 Å². The number of nitrogens with one attached hydrogen (secondary N) is 1. The molecule has 1 aliphatic carbocycles. The Hall–Kier alpha value is -0.820. The molecule has 0 radical (unpaired) electrons. The summed E-state index contributed by atoms with van der Waals surface area (Å²) in [5.41, 5.74) is 2.85. The van der Waals surface area contributed by atoms with Gasteiger partial charge >= 0.3 is 0 Å². The van der Waals surface area contributed by atoms with Crippen LogP contribution in [0, 0.1) is 18.8 Å². The van der Waals surface area contributed by atoms with Gasteiger partial charge in [0.25, 0.3) is 0 Å². The summed E-state index contributed by atoms with van der Waals surface area (Å²) in [6.07, 6.45) is 8.16. The lowest BCUT2D eigenvalue weighted by Crippen LogP contribution is -2.33. The largest absolute Gasteiger partial charge is 0.314 e. The van der Waals surface area contributed by atoms with E-state index in [1.807, 2.05) is 0 Å². The summed E-state index contributed by atoms with van der Waals surface area (Å²) in [7, 11) is 0. The Morgan fingerprint density at radius 1 is 1.20 bits per heavy atom. The van der Waals surface area contributed by atoms with E-state index in [1.165, 1.54) is 56.2 Å². The lowest BCUT2D eigenvalue weighted by Gasteiger charge is -2.27. The molecule has 1 aliphatic rings. The van der Waals surface area contributed by atoms with E-state index in [2.05, 4.69) is 50.4 Å². The Labute approximate surface area is 125 Å². The Kier molecular flexibility index (Phi) is 6.09. The summed E-state index contributed by atoms with van der Waals surface area (Å²) in [6.45, 7) is 8.13. The third kappa shape index (κ3) is 5.28. The second-order valence-electron chi connectivity index (χ2n) is 6.96. The van der Waals surface area contributed by atoms with Crippen LogP contribution in [0.4, 0.5) is 0 Å². The molecule has 0 bridgehead atoms. The monoisotopic (exact) mass is 273 g/mol. The number of hydrogen-bond donors (Lipinski definition) is 1. The molecular weight excluding hydrogens is 242 g/mol. The minimum atomic E-state index is 0.634. The first-order chi connectivity index (χ1) is 9.63. The highest BCUT2D eigenvalue weighted by Gasteiger charge is 2.18. The molecule has 0 saturated heterocycles. The molecule has 0 aliphatic heterocycles. The molecule has 1 atom stereocenters. The van der Waals surface area contributed by atoms with E-state index in [9.17, 15) is 0 Å². The van der Waals surface area contributed by atoms with Crippen LogP contribution in [-0.2, 0) is 6.42 Å². The predicted molar refractivity (Wildman–Crippen MR) is 88.1 cm³/mol. The van der Waals surface area contributed by atoms with Gasteiger partial charge in [-0.05, 0) is 63.5 Å². The maximum Gasteiger partial charge on any atom is 0.00420 e. The van der Waals surface area contributed by atoms with Crippen LogP contribution in [0.5, 0.6) is 0 Å². The first-order valence-corrected chi connectivity index (χ1v) is 8.42. The predicted octanol–water partition coefficient (Wildman–Crippen LogP) is 4.73. The first-order valence-electron chi connectivity index (χ1n) is 8.42. The van der Waals surface area contributed by atoms with Gasteiger partial charge in [-0.15, -0.1) is 0 Å². The van der Waals surface area contributed by atoms with Crippen LogP contribution in [0.2, 0.25) is 0 Å². The van der Waals surface area contributed by atoms with Crippen molar-refractivity contribution in [3.8, 4) is 0 Å². The van der Waals surface area contributed by atoms with Crippen molar-refractivity contribution in [1.29, 1.82) is 0 Å². The zero-order chi connectivity index (χ0) is 14.4. The Balaban J connectivity index is 1.64. The normalized spacial score (nSPS) is 24.6. The van der Waals surface area contributed by atoms with E-state index in [-0.39, 0.29) is 0 Å². The van der Waals surface area contributed by atoms with Crippen LogP contribution in [0.25, 0.3) is 0 Å². The van der Waals surface area contributed by atoms with Gasteiger partial charge in [0.1, 0.15) is 0 Å². The molecular formula is C19H31N. The minimum absolute atomic E-state index is 0.634. The Bertz CT molecular complexity index is 391. The second-order valence-corrected chi connectivity index (χ2v) is 6.96. The topological polar surface area (TPSA) is 12.0 Å². The van der Waals surface area contributed by atoms with Crippen molar-refractivity contribution in [2.24, 2.45) is 11.8 Å². The fraction of sp³-hybridized carbons (Fsp3) is 0.684. The lowest BCUT2D eigenvalue weighted by atomic mass is 9.83. The van der Waals surface area contributed by atoms with Gasteiger partial charge in [0, 0.05) is 6.04 Å². The molecule has 0 heterocycles. The standard InChI is InChI=1S/C19H31N/c1-15-7-10-19(11-8-15)14-20-17(3)9-12-18-6-4-5-16(2)13-18/h4-6,13,15,17,19-20H,7-12,14H2,1-3H3. The summed E-state index contributed by atoms with van der Waals surface area (Å²) in [4.78, 5) is 0. The molecule has 1 aromatic rings. The number of hydrogen-bond acceptors (Lipinski definition) is 1. The van der Waals surface area contributed by atoms with Crippen LogP contribution < -0.4 is 5.32 Å². The van der Waals surface area contributed by atoms with Gasteiger partial charge in [0.05, 0.1) is 0 Å². The average molecular weight is 273 g/mol. The van der Waals surface area contributed by atoms with E-state index < -0.39 is 0 Å². The smallest absolute Gasteiger partial charge is 0.00420 e. The van der Waals surface area contributed by atoms with Crippen LogP contribution >= 0.6 is 0 Å². The molecule has 0 amide bonds. The number of benzene rings is 1. The number of aryl methyl sites for hydroxylation is 2. The molecule has 1 heteroatoms. The molecule has 0 spiro atoms. The summed E-state index contributed by atoms with van der Waals surface area (Å²) in [5, 5.41) is 3.75. The highest BCUT2D eigenvalue weighted by atomic mass is 14.9. The summed E-state index contributed by atoms with van der Waals surface area (Å²) >= 11 is 0. The van der Waals surface area contributed by atoms with Crippen molar-refractivity contribution in [3.63, 3.8) is 0 Å². The maximum atomic E-state index is 3.75. The second kappa shape index (κ2) is 7.83. The van der Waals surface area contributed by atoms with Crippen molar-refractivity contribution in [2.45, 2.75) is 65.3 Å². The molecule has 1 N–H and O–H groups in total. The fourth-order valence-electron chi connectivity index (χ4n) is 3.25. The molecule has 20 heavy (non-hydrogen) atoms. The molecule has 1 fully saturated rings. The Morgan fingerprint density at radius 2 is 1.95 bits per heavy atom. The molecule has 1 nitrogen and oxygen atoms in total. The summed E-state index contributed by atoms with van der Waals surface area (Å²) in [5.74, 6) is 1.89. The number of rotatable bonds is 6. The molecule has 1 aromatic carbocycles. The van der Waals surface area contributed by atoms with Crippen molar-refractivity contribution in [3.05, 3.63) is 35.4 Å². The third-order valence-electron chi connectivity index (χ3n) is 4.84. The molecule has 0 aromatic heterocycles. The maximum absolute atomic E-state index is 3.75. The van der Waals surface area contributed by atoms with Crippen LogP contribution in [-0.4, -0.2) is 12.6 Å². The van der Waals surface area contributed by atoms with Crippen molar-refractivity contribution < 1.29 is 0 Å². The quantitative estimate of drug-likeness (QED) is 0.790. The first kappa shape index (κ1) is 15.6. The third-order valence-corrected chi connectivity index (χ3v) is 4.84. The van der Waals surface area contributed by atoms with E-state index in [1.54, 1.807) is 0 Å². The average Bonchev–Trinajstić information content (AvgIpc) is 2.45. The molecule has 1 unspecified atom stereocenters. The molecule has 112 valence electrons. The van der Waals surface area contributed by atoms with E-state index in [0.29, 0.717) is 6.04 Å². The Morgan fingerprint density at radius 3 is 2.65 bits per heavy atom. The lowest BCUT2D eigenvalue weighted by molar-refractivity contribution is 0.274. The zero-order valence-electron chi connectivity index (χ0n) is 13.5. The summed E-state index contributed by atoms with van der Waals surface area (Å²) < 4.78 is 0. The van der Waals surface area contributed by atoms with Gasteiger partial charge in [-0.1, -0.05) is 49.6 Å². The van der Waals surface area contributed by atoms with Crippen LogP contribution in [0.1, 0.15) is 57.1 Å². The van der Waals surface area contributed by atoms with Crippen molar-refractivity contribution in [2.75, 3.05) is 6.54 Å². The molecule has 2 rings (SSSR count). The highest BCUT2D eigenvalue weighted by Crippen LogP contribution is 2.27. The fourth-order valence-corrected chi connectivity index (χ4v) is 3.25. The van der Waals surface area contributed by atoms with E-state index >= 15 is 0 Å². The van der Waals surface area contributed by atoms with Crippen molar-refractivity contribution in [1.82, 2.24) is 5.32 Å². The SMILES string of the molecule is Cc1cccc(CCC(C)NCC2CCC(C)CC2)c1. The summed E-state index contributed by atoms with van der Waals surface area (Å²) in [6, 6.07) is 9.55. The van der Waals surface area contributed by atoms with Gasteiger partial charge in [0.15, 0.2) is 0 Å². The van der Waals surface area contributed by atoms with Crippen LogP contribution in [0.15, 0.2) is 24.3 Å². The highest BCUT2D eigenvalue weighted by molar-refractivity contribution is 5.22.